The van der Waals surface area contributed by atoms with Gasteiger partial charge in [-0.05, 0) is 68.7 Å². The molecule has 1 aliphatic heterocycles. The number of ether oxygens (including phenoxy) is 1. The van der Waals surface area contributed by atoms with Gasteiger partial charge in [-0.25, -0.2) is 8.42 Å². The quantitative estimate of drug-likeness (QED) is 0.626. The normalized spacial score (nSPS) is 14.8. The first kappa shape index (κ1) is 23.0. The number of carbonyl (C=O) groups is 2. The van der Waals surface area contributed by atoms with Gasteiger partial charge in [0.05, 0.1) is 17.9 Å². The Morgan fingerprint density at radius 1 is 1.03 bits per heavy atom. The van der Waals surface area contributed by atoms with Crippen LogP contribution in [-0.4, -0.2) is 44.1 Å². The zero-order valence-corrected chi connectivity index (χ0v) is 18.7. The number of nitrogens with one attached hydrogen (secondary N) is 1. The molecule has 31 heavy (non-hydrogen) atoms. The molecule has 3 rings (SSSR count). The van der Waals surface area contributed by atoms with E-state index in [1.807, 2.05) is 6.92 Å². The first-order valence-electron chi connectivity index (χ1n) is 10.4. The first-order chi connectivity index (χ1) is 14.8. The smallest absolute Gasteiger partial charge is 0.243 e. The molecule has 0 aromatic heterocycles. The molecule has 2 aromatic rings. The van der Waals surface area contributed by atoms with Gasteiger partial charge >= 0.3 is 0 Å². The summed E-state index contributed by atoms with van der Waals surface area (Å²) in [4.78, 5) is 23.9. The van der Waals surface area contributed by atoms with Crippen LogP contribution in [0.5, 0.6) is 5.75 Å². The third kappa shape index (κ3) is 5.92. The Morgan fingerprint density at radius 2 is 1.71 bits per heavy atom. The van der Waals surface area contributed by atoms with Crippen molar-refractivity contribution in [1.29, 1.82) is 0 Å². The van der Waals surface area contributed by atoms with Gasteiger partial charge in [0.2, 0.25) is 15.9 Å². The predicted molar refractivity (Wildman–Crippen MR) is 119 cm³/mol. The van der Waals surface area contributed by atoms with E-state index in [0.29, 0.717) is 30.1 Å². The van der Waals surface area contributed by atoms with E-state index in [1.165, 1.54) is 17.3 Å². The van der Waals surface area contributed by atoms with Gasteiger partial charge in [-0.3, -0.25) is 9.59 Å². The van der Waals surface area contributed by atoms with E-state index < -0.39 is 10.0 Å². The Labute approximate surface area is 183 Å². The van der Waals surface area contributed by atoms with Crippen LogP contribution in [0.1, 0.15) is 48.5 Å². The molecule has 1 heterocycles. The van der Waals surface area contributed by atoms with Gasteiger partial charge in [-0.2, -0.15) is 4.31 Å². The number of amides is 1. The molecule has 0 unspecified atom stereocenters. The minimum atomic E-state index is -3.57. The van der Waals surface area contributed by atoms with Gasteiger partial charge in [0.1, 0.15) is 5.75 Å². The van der Waals surface area contributed by atoms with Crippen molar-refractivity contribution < 1.29 is 22.7 Å². The summed E-state index contributed by atoms with van der Waals surface area (Å²) in [6.45, 7) is 4.54. The molecular formula is C23H28N2O5S. The van der Waals surface area contributed by atoms with Crippen LogP contribution in [0.2, 0.25) is 0 Å². The molecule has 0 atom stereocenters. The second-order valence-electron chi connectivity index (χ2n) is 7.67. The van der Waals surface area contributed by atoms with Gasteiger partial charge in [0.15, 0.2) is 5.78 Å². The van der Waals surface area contributed by atoms with Crippen LogP contribution in [0, 0.1) is 6.92 Å². The molecule has 2 aromatic carbocycles. The molecule has 166 valence electrons. The summed E-state index contributed by atoms with van der Waals surface area (Å²) in [5.41, 5.74) is 1.86. The molecule has 1 aliphatic rings. The van der Waals surface area contributed by atoms with Crippen LogP contribution in [-0.2, 0) is 14.8 Å². The van der Waals surface area contributed by atoms with E-state index in [1.54, 1.807) is 36.4 Å². The number of aryl methyl sites for hydroxylation is 1. The monoisotopic (exact) mass is 444 g/mol. The molecule has 8 heteroatoms. The number of benzene rings is 2. The van der Waals surface area contributed by atoms with E-state index in [0.717, 1.165) is 24.8 Å². The molecule has 1 saturated heterocycles. The highest BCUT2D eigenvalue weighted by atomic mass is 32.2. The number of hydrogen-bond acceptors (Lipinski definition) is 5. The summed E-state index contributed by atoms with van der Waals surface area (Å²) < 4.78 is 32.9. The molecule has 0 saturated carbocycles. The highest BCUT2D eigenvalue weighted by Crippen LogP contribution is 2.25. The van der Waals surface area contributed by atoms with Crippen molar-refractivity contribution in [3.05, 3.63) is 53.6 Å². The molecule has 7 nitrogen and oxygen atoms in total. The molecule has 0 bridgehead atoms. The number of anilines is 1. The number of sulfonamides is 1. The minimum Gasteiger partial charge on any atom is -0.493 e. The molecule has 0 aliphatic carbocycles. The summed E-state index contributed by atoms with van der Waals surface area (Å²) in [5.74, 6) is 0.283. The zero-order chi connectivity index (χ0) is 22.4. The van der Waals surface area contributed by atoms with Gasteiger partial charge in [-0.15, -0.1) is 0 Å². The number of carbonyl (C=O) groups excluding carboxylic acids is 2. The lowest BCUT2D eigenvalue weighted by Crippen LogP contribution is -2.35. The Bertz CT molecular complexity index is 1040. The summed E-state index contributed by atoms with van der Waals surface area (Å²) in [6.07, 6.45) is 2.89. The molecule has 0 spiro atoms. The maximum absolute atomic E-state index is 12.9. The third-order valence-electron chi connectivity index (χ3n) is 5.29. The average molecular weight is 445 g/mol. The highest BCUT2D eigenvalue weighted by Gasteiger charge is 2.26. The summed E-state index contributed by atoms with van der Waals surface area (Å²) in [7, 11) is -3.57. The fourth-order valence-corrected chi connectivity index (χ4v) is 4.95. The van der Waals surface area contributed by atoms with Gasteiger partial charge < -0.3 is 10.1 Å². The van der Waals surface area contributed by atoms with E-state index in [-0.39, 0.29) is 29.6 Å². The lowest BCUT2D eigenvalue weighted by Gasteiger charge is -2.26. The number of piperidine rings is 1. The lowest BCUT2D eigenvalue weighted by atomic mass is 10.1. The molecule has 1 amide bonds. The Balaban J connectivity index is 1.59. The highest BCUT2D eigenvalue weighted by molar-refractivity contribution is 7.89. The average Bonchev–Trinajstić information content (AvgIpc) is 2.76. The number of hydrogen-bond donors (Lipinski definition) is 1. The molecule has 0 radical (unpaired) electrons. The van der Waals surface area contributed by atoms with Gasteiger partial charge in [0, 0.05) is 24.3 Å². The van der Waals surface area contributed by atoms with Crippen LogP contribution in [0.25, 0.3) is 0 Å². The fraction of sp³-hybridized carbons (Fsp3) is 0.391. The maximum Gasteiger partial charge on any atom is 0.243 e. The standard InChI is InChI=1S/C23H28N2O5S/c1-17-6-11-21(31(28,29)25-13-4-3-5-14-25)16-22(17)24-23(27)12-15-30-20-9-7-19(8-10-20)18(2)26/h6-11,16H,3-5,12-15H2,1-2H3,(H,24,27). The minimum absolute atomic E-state index is 0.0224. The topological polar surface area (TPSA) is 92.8 Å². The van der Waals surface area contributed by atoms with E-state index in [9.17, 15) is 18.0 Å². The van der Waals surface area contributed by atoms with Crippen LogP contribution >= 0.6 is 0 Å². The second kappa shape index (κ2) is 10.1. The van der Waals surface area contributed by atoms with Crippen molar-refractivity contribution in [2.75, 3.05) is 25.0 Å². The molecule has 1 fully saturated rings. The van der Waals surface area contributed by atoms with E-state index in [2.05, 4.69) is 5.32 Å². The van der Waals surface area contributed by atoms with Crippen LogP contribution < -0.4 is 10.1 Å². The summed E-state index contributed by atoms with van der Waals surface area (Å²) in [6, 6.07) is 11.5. The van der Waals surface area contributed by atoms with Gasteiger partial charge in [-0.1, -0.05) is 12.5 Å². The van der Waals surface area contributed by atoms with Crippen molar-refractivity contribution in [3.8, 4) is 5.75 Å². The van der Waals surface area contributed by atoms with Crippen molar-refractivity contribution >= 4 is 27.4 Å². The summed E-state index contributed by atoms with van der Waals surface area (Å²) >= 11 is 0. The number of rotatable bonds is 8. The Kier molecular flexibility index (Phi) is 7.46. The number of nitrogens with zero attached hydrogens (tertiary/aromatic N) is 1. The fourth-order valence-electron chi connectivity index (χ4n) is 3.41. The Hall–Kier alpha value is -2.71. The van der Waals surface area contributed by atoms with E-state index in [4.69, 9.17) is 4.74 Å². The van der Waals surface area contributed by atoms with Crippen molar-refractivity contribution in [2.45, 2.75) is 44.4 Å². The SMILES string of the molecule is CC(=O)c1ccc(OCCC(=O)Nc2cc(S(=O)(=O)N3CCCCC3)ccc2C)cc1. The second-order valence-corrected chi connectivity index (χ2v) is 9.61. The summed E-state index contributed by atoms with van der Waals surface area (Å²) in [5, 5.41) is 2.79. The van der Waals surface area contributed by atoms with Crippen LogP contribution in [0.4, 0.5) is 5.69 Å². The largest absolute Gasteiger partial charge is 0.493 e. The van der Waals surface area contributed by atoms with Crippen molar-refractivity contribution in [3.63, 3.8) is 0 Å². The van der Waals surface area contributed by atoms with Gasteiger partial charge in [0.25, 0.3) is 0 Å². The number of ketones is 1. The Morgan fingerprint density at radius 3 is 2.35 bits per heavy atom. The van der Waals surface area contributed by atoms with Crippen LogP contribution in [0.15, 0.2) is 47.4 Å². The van der Waals surface area contributed by atoms with Crippen LogP contribution in [0.3, 0.4) is 0 Å². The number of Topliss-reactive ketones (excluding diaryl/α,β-unsaturated/α-hetero) is 1. The maximum atomic E-state index is 12.9. The zero-order valence-electron chi connectivity index (χ0n) is 17.9. The molecule has 1 N–H and O–H groups in total. The third-order valence-corrected chi connectivity index (χ3v) is 7.19. The molecular weight excluding hydrogens is 416 g/mol. The first-order valence-corrected chi connectivity index (χ1v) is 11.9. The van der Waals surface area contributed by atoms with E-state index >= 15 is 0 Å². The predicted octanol–water partition coefficient (Wildman–Crippen LogP) is 3.78. The lowest BCUT2D eigenvalue weighted by molar-refractivity contribution is -0.116. The van der Waals surface area contributed by atoms with Crippen molar-refractivity contribution in [2.24, 2.45) is 0 Å². The van der Waals surface area contributed by atoms with Crippen molar-refractivity contribution in [1.82, 2.24) is 4.31 Å².